The van der Waals surface area contributed by atoms with Crippen LogP contribution in [0, 0.1) is 5.41 Å². The third-order valence-electron chi connectivity index (χ3n) is 8.40. The maximum atomic E-state index is 15.9. The number of benzene rings is 3. The van der Waals surface area contributed by atoms with Gasteiger partial charge in [-0.1, -0.05) is 37.3 Å². The molecule has 0 atom stereocenters. The number of fused-ring (bicyclic) bond motifs is 4. The van der Waals surface area contributed by atoms with Crippen molar-refractivity contribution in [2.45, 2.75) is 32.2 Å². The molecular weight excluding hydrogens is 538 g/mol. The van der Waals surface area contributed by atoms with E-state index in [0.717, 1.165) is 29.4 Å². The molecule has 0 aliphatic heterocycles. The van der Waals surface area contributed by atoms with Crippen molar-refractivity contribution in [3.8, 4) is 33.5 Å². The first-order valence-electron chi connectivity index (χ1n) is 13.8. The molecule has 212 valence electrons. The van der Waals surface area contributed by atoms with Gasteiger partial charge in [0.25, 0.3) is 5.92 Å². The van der Waals surface area contributed by atoms with E-state index < -0.39 is 5.92 Å². The number of imidazole rings is 2. The molecule has 0 unspecified atom stereocenters. The lowest BCUT2D eigenvalue weighted by Gasteiger charge is -2.25. The fourth-order valence-corrected chi connectivity index (χ4v) is 5.76. The molecule has 2 heterocycles. The Kier molecular flexibility index (Phi) is 5.96. The van der Waals surface area contributed by atoms with Crippen LogP contribution in [0.4, 0.5) is 8.78 Å². The predicted molar refractivity (Wildman–Crippen MR) is 154 cm³/mol. The first-order valence-corrected chi connectivity index (χ1v) is 13.8. The summed E-state index contributed by atoms with van der Waals surface area (Å²) in [5, 5.41) is 2.43. The summed E-state index contributed by atoms with van der Waals surface area (Å²) >= 11 is 0. The minimum Gasteiger partial charge on any atom is -0.350 e. The Morgan fingerprint density at radius 2 is 1.69 bits per heavy atom. The maximum Gasteiger partial charge on any atom is 0.299 e. The summed E-state index contributed by atoms with van der Waals surface area (Å²) in [6.07, 6.45) is 5.79. The number of H-pyrrole nitrogens is 2. The van der Waals surface area contributed by atoms with Crippen LogP contribution in [0.25, 0.3) is 44.5 Å². The van der Waals surface area contributed by atoms with E-state index in [2.05, 4.69) is 32.2 Å². The summed E-state index contributed by atoms with van der Waals surface area (Å²) in [5.41, 5.74) is 5.39. The Hall–Kier alpha value is -4.86. The zero-order chi connectivity index (χ0) is 29.1. The zero-order valence-electron chi connectivity index (χ0n) is 22.9. The first kappa shape index (κ1) is 26.1. The van der Waals surface area contributed by atoms with Crippen LogP contribution in [0.2, 0.25) is 0 Å². The molecule has 2 aromatic heterocycles. The molecular formula is C32H28F2N6O2. The third-order valence-corrected chi connectivity index (χ3v) is 8.40. The number of aromatic amines is 2. The maximum absolute atomic E-state index is 15.9. The minimum absolute atomic E-state index is 0.0196. The van der Waals surface area contributed by atoms with Gasteiger partial charge in [-0.25, -0.2) is 9.97 Å². The number of carbonyl (C=O) groups excluding carboxylic acids is 2. The molecule has 0 spiro atoms. The van der Waals surface area contributed by atoms with Gasteiger partial charge in [-0.3, -0.25) is 9.59 Å². The van der Waals surface area contributed by atoms with Gasteiger partial charge in [-0.05, 0) is 64.8 Å². The van der Waals surface area contributed by atoms with Crippen LogP contribution in [0.5, 0.6) is 0 Å². The Morgan fingerprint density at radius 1 is 1.00 bits per heavy atom. The highest BCUT2D eigenvalue weighted by Crippen LogP contribution is 2.52. The van der Waals surface area contributed by atoms with E-state index in [0.29, 0.717) is 46.7 Å². The van der Waals surface area contributed by atoms with Crippen molar-refractivity contribution in [1.29, 1.82) is 0 Å². The smallest absolute Gasteiger partial charge is 0.299 e. The zero-order valence-corrected chi connectivity index (χ0v) is 22.9. The lowest BCUT2D eigenvalue weighted by molar-refractivity contribution is -0.132. The van der Waals surface area contributed by atoms with Gasteiger partial charge < -0.3 is 20.2 Å². The van der Waals surface area contributed by atoms with Crippen molar-refractivity contribution >= 4 is 23.4 Å². The van der Waals surface area contributed by atoms with Gasteiger partial charge >= 0.3 is 0 Å². The van der Waals surface area contributed by atoms with Gasteiger partial charge in [0.05, 0.1) is 42.3 Å². The van der Waals surface area contributed by atoms with Crippen molar-refractivity contribution in [3.05, 3.63) is 84.1 Å². The van der Waals surface area contributed by atoms with Crippen LogP contribution < -0.4 is 5.32 Å². The summed E-state index contributed by atoms with van der Waals surface area (Å²) < 4.78 is 31.9. The van der Waals surface area contributed by atoms with Crippen LogP contribution in [-0.2, 0) is 22.1 Å². The van der Waals surface area contributed by atoms with E-state index in [1.807, 2.05) is 30.3 Å². The molecule has 3 N–H and O–H groups in total. The van der Waals surface area contributed by atoms with Crippen molar-refractivity contribution in [2.24, 2.45) is 5.41 Å². The van der Waals surface area contributed by atoms with Crippen molar-refractivity contribution < 1.29 is 18.4 Å². The van der Waals surface area contributed by atoms with Gasteiger partial charge in [0, 0.05) is 23.2 Å². The van der Waals surface area contributed by atoms with Crippen LogP contribution in [0.1, 0.15) is 36.7 Å². The largest absolute Gasteiger partial charge is 0.350 e. The number of amides is 2. The van der Waals surface area contributed by atoms with Crippen LogP contribution >= 0.6 is 0 Å². The van der Waals surface area contributed by atoms with Gasteiger partial charge in [-0.15, -0.1) is 0 Å². The fraction of sp³-hybridized carbons (Fsp3) is 0.250. The van der Waals surface area contributed by atoms with E-state index in [4.69, 9.17) is 0 Å². The second kappa shape index (κ2) is 9.61. The van der Waals surface area contributed by atoms with Gasteiger partial charge in [-0.2, -0.15) is 8.78 Å². The Labute approximate surface area is 240 Å². The van der Waals surface area contributed by atoms with Crippen molar-refractivity contribution in [2.75, 3.05) is 13.1 Å². The average molecular weight is 567 g/mol. The molecule has 8 nitrogen and oxygen atoms in total. The highest BCUT2D eigenvalue weighted by molar-refractivity contribution is 5.86. The number of halogens is 2. The highest BCUT2D eigenvalue weighted by Gasteiger charge is 2.45. The van der Waals surface area contributed by atoms with Gasteiger partial charge in [0.15, 0.2) is 0 Å². The Balaban J connectivity index is 1.15. The monoisotopic (exact) mass is 566 g/mol. The van der Waals surface area contributed by atoms with E-state index >= 15 is 8.78 Å². The van der Waals surface area contributed by atoms with Crippen molar-refractivity contribution in [1.82, 2.24) is 30.2 Å². The molecule has 3 aromatic carbocycles. The number of rotatable bonds is 9. The molecule has 2 aliphatic carbocycles. The predicted octanol–water partition coefficient (Wildman–Crippen LogP) is 5.62. The number of carbonyl (C=O) groups is 2. The molecule has 5 aromatic rings. The molecule has 1 fully saturated rings. The molecule has 42 heavy (non-hydrogen) atoms. The van der Waals surface area contributed by atoms with E-state index in [-0.39, 0.29) is 35.5 Å². The van der Waals surface area contributed by atoms with Crippen LogP contribution in [-0.4, -0.2) is 50.2 Å². The van der Waals surface area contributed by atoms with Crippen LogP contribution in [0.15, 0.2) is 67.1 Å². The number of aromatic nitrogens is 4. The van der Waals surface area contributed by atoms with Crippen LogP contribution in [0.3, 0.4) is 0 Å². The standard InChI is InChI=1S/C32H28F2N6O2/c1-31(8-9-31)16-40(30(42)14-35-18-41)15-29-36-13-28(39-29)21-3-6-23-22-5-2-19(10-24(22)32(33,34)25(23)11-21)20-4-7-26-27(12-20)38-17-37-26/h2-7,10-13,17-18H,8-9,14-16H2,1H3,(H,35,41)(H,36,39)(H,37,38). The lowest BCUT2D eigenvalue weighted by Crippen LogP contribution is -2.40. The molecule has 2 aliphatic rings. The Bertz CT molecular complexity index is 1850. The van der Waals surface area contributed by atoms with Gasteiger partial charge in [0.2, 0.25) is 12.3 Å². The first-order chi connectivity index (χ1) is 20.2. The molecule has 1 saturated carbocycles. The number of hydrogen-bond donors (Lipinski definition) is 3. The van der Waals surface area contributed by atoms with E-state index in [1.54, 1.807) is 35.6 Å². The number of alkyl halides is 2. The van der Waals surface area contributed by atoms with Crippen molar-refractivity contribution in [3.63, 3.8) is 0 Å². The molecule has 0 radical (unpaired) electrons. The second-order valence-corrected chi connectivity index (χ2v) is 11.5. The van der Waals surface area contributed by atoms with E-state index in [9.17, 15) is 9.59 Å². The number of nitrogens with zero attached hydrogens (tertiary/aromatic N) is 3. The topological polar surface area (TPSA) is 107 Å². The molecule has 7 rings (SSSR count). The lowest BCUT2D eigenvalue weighted by atomic mass is 9.98. The SMILES string of the molecule is CC1(CN(Cc2ncc(-c3ccc4c(c3)C(F)(F)c3cc(-c5ccc6nc[nH]c6c5)ccc3-4)[nH]2)C(=O)CNC=O)CC1. The summed E-state index contributed by atoms with van der Waals surface area (Å²) in [6.45, 7) is 2.82. The fourth-order valence-electron chi connectivity index (χ4n) is 5.76. The molecule has 0 saturated heterocycles. The highest BCUT2D eigenvalue weighted by atomic mass is 19.3. The molecule has 10 heteroatoms. The summed E-state index contributed by atoms with van der Waals surface area (Å²) in [7, 11) is 0. The number of hydrogen-bond acceptors (Lipinski definition) is 4. The summed E-state index contributed by atoms with van der Waals surface area (Å²) in [6, 6.07) is 15.9. The normalized spacial score (nSPS) is 15.7. The quantitative estimate of drug-likeness (QED) is 0.202. The van der Waals surface area contributed by atoms with Gasteiger partial charge in [0.1, 0.15) is 5.82 Å². The average Bonchev–Trinajstić information content (AvgIpc) is 3.33. The molecule has 0 bridgehead atoms. The summed E-state index contributed by atoms with van der Waals surface area (Å²) in [4.78, 5) is 40.1. The third kappa shape index (κ3) is 4.52. The second-order valence-electron chi connectivity index (χ2n) is 11.5. The molecule has 2 amide bonds. The summed E-state index contributed by atoms with van der Waals surface area (Å²) in [5.74, 6) is -2.83. The number of nitrogens with one attached hydrogen (secondary N) is 3. The minimum atomic E-state index is -3.17. The van der Waals surface area contributed by atoms with E-state index in [1.165, 1.54) is 6.07 Å². The Morgan fingerprint density at radius 3 is 2.43 bits per heavy atom.